The third kappa shape index (κ3) is 4.56. The van der Waals surface area contributed by atoms with Crippen LogP contribution in [-0.4, -0.2) is 13.3 Å². The minimum atomic E-state index is -3.60. The SMILES string of the molecule is O=[N+]([O-])c1ccc(CS(=O)(=O)NCc2ccc(-c3ccccc3)o2)cc1. The summed E-state index contributed by atoms with van der Waals surface area (Å²) >= 11 is 0. The summed E-state index contributed by atoms with van der Waals surface area (Å²) in [5.41, 5.74) is 1.29. The summed E-state index contributed by atoms with van der Waals surface area (Å²) in [4.78, 5) is 10.1. The van der Waals surface area contributed by atoms with Crippen LogP contribution in [0.15, 0.2) is 71.1 Å². The Kier molecular flexibility index (Phi) is 5.15. The lowest BCUT2D eigenvalue weighted by atomic mass is 10.2. The molecule has 8 heteroatoms. The Hall–Kier alpha value is -2.97. The van der Waals surface area contributed by atoms with E-state index in [1.165, 1.54) is 24.3 Å². The number of nitrogens with zero attached hydrogens (tertiary/aromatic N) is 1. The first-order valence-corrected chi connectivity index (χ1v) is 9.43. The minimum Gasteiger partial charge on any atom is -0.460 e. The van der Waals surface area contributed by atoms with Crippen molar-refractivity contribution in [1.82, 2.24) is 4.72 Å². The zero-order valence-corrected chi connectivity index (χ0v) is 14.5. The number of nitro groups is 1. The third-order valence-corrected chi connectivity index (χ3v) is 4.99. The molecule has 7 nitrogen and oxygen atoms in total. The van der Waals surface area contributed by atoms with E-state index in [-0.39, 0.29) is 18.0 Å². The normalized spacial score (nSPS) is 11.4. The Balaban J connectivity index is 1.61. The van der Waals surface area contributed by atoms with Crippen molar-refractivity contribution < 1.29 is 17.8 Å². The van der Waals surface area contributed by atoms with Crippen LogP contribution in [0.2, 0.25) is 0 Å². The number of furan rings is 1. The predicted octanol–water partition coefficient (Wildman–Crippen LogP) is 3.47. The van der Waals surface area contributed by atoms with Crippen molar-refractivity contribution >= 4 is 15.7 Å². The van der Waals surface area contributed by atoms with Crippen molar-refractivity contribution in [3.8, 4) is 11.3 Å². The Morgan fingerprint density at radius 1 is 0.962 bits per heavy atom. The van der Waals surface area contributed by atoms with Crippen molar-refractivity contribution in [3.05, 3.63) is 88.2 Å². The summed E-state index contributed by atoms with van der Waals surface area (Å²) in [6.07, 6.45) is 0. The van der Waals surface area contributed by atoms with Gasteiger partial charge < -0.3 is 4.42 Å². The third-order valence-electron chi connectivity index (χ3n) is 3.69. The Morgan fingerprint density at radius 2 is 1.65 bits per heavy atom. The molecule has 3 rings (SSSR count). The number of nitrogens with one attached hydrogen (secondary N) is 1. The fourth-order valence-corrected chi connectivity index (χ4v) is 3.49. The standard InChI is InChI=1S/C18H16N2O5S/c21-20(22)16-8-6-14(7-9-16)13-26(23,24)19-12-17-10-11-18(25-17)15-4-2-1-3-5-15/h1-11,19H,12-13H2. The number of hydrogen-bond acceptors (Lipinski definition) is 5. The average molecular weight is 372 g/mol. The summed E-state index contributed by atoms with van der Waals surface area (Å²) in [5.74, 6) is 0.892. The molecule has 0 radical (unpaired) electrons. The molecule has 26 heavy (non-hydrogen) atoms. The van der Waals surface area contributed by atoms with Crippen molar-refractivity contribution in [2.75, 3.05) is 0 Å². The van der Waals surface area contributed by atoms with E-state index in [0.29, 0.717) is 17.1 Å². The van der Waals surface area contributed by atoms with Gasteiger partial charge in [0.15, 0.2) is 0 Å². The molecule has 0 spiro atoms. The summed E-state index contributed by atoms with van der Waals surface area (Å²) in [5, 5.41) is 10.6. The smallest absolute Gasteiger partial charge is 0.269 e. The van der Waals surface area contributed by atoms with E-state index < -0.39 is 14.9 Å². The van der Waals surface area contributed by atoms with Crippen LogP contribution in [-0.2, 0) is 22.3 Å². The van der Waals surface area contributed by atoms with E-state index in [1.807, 2.05) is 30.3 Å². The number of sulfonamides is 1. The number of benzene rings is 2. The molecule has 1 heterocycles. The first kappa shape index (κ1) is 17.8. The lowest BCUT2D eigenvalue weighted by Crippen LogP contribution is -2.24. The fourth-order valence-electron chi connectivity index (χ4n) is 2.40. The molecule has 3 aromatic rings. The van der Waals surface area contributed by atoms with Gasteiger partial charge in [0.1, 0.15) is 11.5 Å². The lowest BCUT2D eigenvalue weighted by molar-refractivity contribution is -0.384. The first-order valence-electron chi connectivity index (χ1n) is 7.78. The molecule has 134 valence electrons. The van der Waals surface area contributed by atoms with Gasteiger partial charge in [0.25, 0.3) is 5.69 Å². The molecule has 0 aliphatic heterocycles. The van der Waals surface area contributed by atoms with Gasteiger partial charge in [0.05, 0.1) is 17.2 Å². The average Bonchev–Trinajstić information content (AvgIpc) is 3.10. The Labute approximate surface area is 150 Å². The highest BCUT2D eigenvalue weighted by molar-refractivity contribution is 7.88. The van der Waals surface area contributed by atoms with Crippen molar-refractivity contribution in [2.45, 2.75) is 12.3 Å². The fraction of sp³-hybridized carbons (Fsp3) is 0.111. The molecule has 0 fully saturated rings. The Morgan fingerprint density at radius 3 is 2.31 bits per heavy atom. The summed E-state index contributed by atoms with van der Waals surface area (Å²) in [6.45, 7) is 0.0299. The number of non-ortho nitro benzene ring substituents is 1. The summed E-state index contributed by atoms with van der Waals surface area (Å²) < 4.78 is 32.5. The van der Waals surface area contributed by atoms with Gasteiger partial charge in [0.2, 0.25) is 10.0 Å². The molecular weight excluding hydrogens is 356 g/mol. The van der Waals surface area contributed by atoms with Crippen LogP contribution in [0.4, 0.5) is 5.69 Å². The van der Waals surface area contributed by atoms with E-state index in [4.69, 9.17) is 4.42 Å². The molecule has 0 aliphatic rings. The van der Waals surface area contributed by atoms with Gasteiger partial charge in [-0.15, -0.1) is 0 Å². The van der Waals surface area contributed by atoms with E-state index in [9.17, 15) is 18.5 Å². The lowest BCUT2D eigenvalue weighted by Gasteiger charge is -2.05. The summed E-state index contributed by atoms with van der Waals surface area (Å²) in [6, 6.07) is 18.4. The number of rotatable bonds is 7. The second-order valence-corrected chi connectivity index (χ2v) is 7.44. The van der Waals surface area contributed by atoms with Gasteiger partial charge in [-0.25, -0.2) is 13.1 Å². The highest BCUT2D eigenvalue weighted by Crippen LogP contribution is 2.22. The van der Waals surface area contributed by atoms with E-state index in [0.717, 1.165) is 5.56 Å². The van der Waals surface area contributed by atoms with Gasteiger partial charge in [0, 0.05) is 17.7 Å². The monoisotopic (exact) mass is 372 g/mol. The molecule has 1 N–H and O–H groups in total. The second kappa shape index (κ2) is 7.51. The van der Waals surface area contributed by atoms with Crippen molar-refractivity contribution in [3.63, 3.8) is 0 Å². The molecule has 0 saturated heterocycles. The van der Waals surface area contributed by atoms with Gasteiger partial charge in [-0.05, 0) is 17.7 Å². The predicted molar refractivity (Wildman–Crippen MR) is 96.7 cm³/mol. The maximum Gasteiger partial charge on any atom is 0.269 e. The van der Waals surface area contributed by atoms with E-state index in [1.54, 1.807) is 12.1 Å². The highest BCUT2D eigenvalue weighted by atomic mass is 32.2. The zero-order chi connectivity index (χ0) is 18.6. The quantitative estimate of drug-likeness (QED) is 0.505. The van der Waals surface area contributed by atoms with Crippen LogP contribution in [0.5, 0.6) is 0 Å². The molecule has 2 aromatic carbocycles. The first-order chi connectivity index (χ1) is 12.4. The van der Waals surface area contributed by atoms with Crippen LogP contribution in [0.1, 0.15) is 11.3 Å². The minimum absolute atomic E-state index is 0.0299. The molecule has 0 aliphatic carbocycles. The maximum absolute atomic E-state index is 12.2. The van der Waals surface area contributed by atoms with Crippen LogP contribution >= 0.6 is 0 Å². The van der Waals surface area contributed by atoms with Gasteiger partial charge in [-0.2, -0.15) is 0 Å². The summed E-state index contributed by atoms with van der Waals surface area (Å²) in [7, 11) is -3.60. The molecule has 1 aromatic heterocycles. The van der Waals surface area contributed by atoms with Crippen LogP contribution in [0.3, 0.4) is 0 Å². The van der Waals surface area contributed by atoms with Crippen molar-refractivity contribution in [1.29, 1.82) is 0 Å². The van der Waals surface area contributed by atoms with E-state index in [2.05, 4.69) is 4.72 Å². The Bertz CT molecular complexity index is 996. The number of nitro benzene ring substituents is 1. The van der Waals surface area contributed by atoms with Crippen LogP contribution in [0, 0.1) is 10.1 Å². The highest BCUT2D eigenvalue weighted by Gasteiger charge is 2.14. The molecular formula is C18H16N2O5S. The van der Waals surface area contributed by atoms with Crippen LogP contribution in [0.25, 0.3) is 11.3 Å². The molecule has 0 bridgehead atoms. The van der Waals surface area contributed by atoms with E-state index >= 15 is 0 Å². The largest absolute Gasteiger partial charge is 0.460 e. The zero-order valence-electron chi connectivity index (χ0n) is 13.7. The van der Waals surface area contributed by atoms with Crippen LogP contribution < -0.4 is 4.72 Å². The number of hydrogen-bond donors (Lipinski definition) is 1. The molecule has 0 unspecified atom stereocenters. The maximum atomic E-state index is 12.2. The molecule has 0 atom stereocenters. The van der Waals surface area contributed by atoms with Crippen molar-refractivity contribution in [2.24, 2.45) is 0 Å². The van der Waals surface area contributed by atoms with Gasteiger partial charge in [-0.1, -0.05) is 42.5 Å². The van der Waals surface area contributed by atoms with Gasteiger partial charge in [-0.3, -0.25) is 10.1 Å². The molecule has 0 saturated carbocycles. The second-order valence-electron chi connectivity index (χ2n) is 5.64. The topological polar surface area (TPSA) is 102 Å². The molecule has 0 amide bonds. The van der Waals surface area contributed by atoms with Gasteiger partial charge >= 0.3 is 0 Å².